The third kappa shape index (κ3) is 6.58. The fourth-order valence-corrected chi connectivity index (χ4v) is 5.81. The molecule has 5 N–H and O–H groups in total. The van der Waals surface area contributed by atoms with Gasteiger partial charge in [-0.3, -0.25) is 9.88 Å². The summed E-state index contributed by atoms with van der Waals surface area (Å²) in [5.74, 6) is 1.99. The highest BCUT2D eigenvalue weighted by Gasteiger charge is 2.28. The maximum absolute atomic E-state index is 13.9. The van der Waals surface area contributed by atoms with Crippen LogP contribution in [0.1, 0.15) is 36.7 Å². The van der Waals surface area contributed by atoms with E-state index in [1.807, 2.05) is 31.2 Å². The van der Waals surface area contributed by atoms with Crippen molar-refractivity contribution in [1.82, 2.24) is 14.9 Å². The first-order valence-electron chi connectivity index (χ1n) is 12.8. The number of nitrogens with one attached hydrogen (secondary N) is 1. The van der Waals surface area contributed by atoms with Gasteiger partial charge in [0.05, 0.1) is 5.52 Å². The van der Waals surface area contributed by atoms with Crippen LogP contribution in [0.15, 0.2) is 42.5 Å². The Kier molecular flexibility index (Phi) is 11.4. The molecule has 0 amide bonds. The molecule has 7 nitrogen and oxygen atoms in total. The molecule has 1 unspecified atom stereocenters. The molecule has 3 heterocycles. The lowest BCUT2D eigenvalue weighted by Gasteiger charge is -2.34. The number of H-pyrrole nitrogens is 1. The van der Waals surface area contributed by atoms with Gasteiger partial charge in [-0.1, -0.05) is 6.92 Å². The van der Waals surface area contributed by atoms with Crippen molar-refractivity contribution in [3.05, 3.63) is 65.2 Å². The number of aromatic nitrogens is 2. The molecule has 1 aliphatic heterocycles. The monoisotopic (exact) mass is 581 g/mol. The zero-order valence-corrected chi connectivity index (χ0v) is 23.9. The summed E-state index contributed by atoms with van der Waals surface area (Å²) >= 11 is 0. The van der Waals surface area contributed by atoms with Crippen LogP contribution in [0.5, 0.6) is 11.5 Å². The first-order valence-corrected chi connectivity index (χ1v) is 12.8. The van der Waals surface area contributed by atoms with Gasteiger partial charge in [-0.05, 0) is 93.1 Å². The Bertz CT molecular complexity index is 1400. The second-order valence-electron chi connectivity index (χ2n) is 10.1. The molecule has 2 aromatic carbocycles. The molecule has 0 bridgehead atoms. The Hall–Kier alpha value is -2.62. The molecular weight excluding hydrogens is 544 g/mol. The lowest BCUT2D eigenvalue weighted by Crippen LogP contribution is -2.43. The number of hydrogen-bond acceptors (Lipinski definition) is 4. The van der Waals surface area contributed by atoms with Crippen LogP contribution in [0.4, 0.5) is 4.39 Å². The molecule has 0 fully saturated rings. The van der Waals surface area contributed by atoms with Crippen molar-refractivity contribution in [1.29, 1.82) is 0 Å². The number of halogens is 3. The normalized spacial score (nSPS) is 17.4. The first-order chi connectivity index (χ1) is 17.1. The lowest BCUT2D eigenvalue weighted by molar-refractivity contribution is 0.0547. The summed E-state index contributed by atoms with van der Waals surface area (Å²) in [5.41, 5.74) is 5.55. The van der Waals surface area contributed by atoms with E-state index >= 15 is 0 Å². The molecule has 1 aliphatic carbocycles. The lowest BCUT2D eigenvalue weighted by atomic mass is 9.86. The fourth-order valence-electron chi connectivity index (χ4n) is 5.81. The van der Waals surface area contributed by atoms with Gasteiger partial charge >= 0.3 is 0 Å². The molecule has 39 heavy (non-hydrogen) atoms. The second kappa shape index (κ2) is 13.6. The minimum Gasteiger partial charge on any atom is -0.486 e. The summed E-state index contributed by atoms with van der Waals surface area (Å²) < 4.78 is 26.6. The Morgan fingerprint density at radius 3 is 2.67 bits per heavy atom. The van der Waals surface area contributed by atoms with Crippen LogP contribution < -0.4 is 9.47 Å². The average molecular weight is 583 g/mol. The first kappa shape index (κ1) is 32.6. The van der Waals surface area contributed by atoms with Crippen LogP contribution in [-0.2, 0) is 12.8 Å². The number of ether oxygens (including phenoxy) is 2. The van der Waals surface area contributed by atoms with Crippen molar-refractivity contribution in [2.45, 2.75) is 45.6 Å². The Labute approximate surface area is 240 Å². The zero-order chi connectivity index (χ0) is 23.9. The number of nitrogens with zero attached hydrogens (tertiary/aromatic N) is 2. The van der Waals surface area contributed by atoms with Crippen LogP contribution in [-0.4, -0.2) is 58.2 Å². The predicted molar refractivity (Wildman–Crippen MR) is 159 cm³/mol. The van der Waals surface area contributed by atoms with Crippen LogP contribution in [0.2, 0.25) is 0 Å². The number of pyridine rings is 1. The maximum Gasteiger partial charge on any atom is 0.171 e. The zero-order valence-electron chi connectivity index (χ0n) is 22.3. The Morgan fingerprint density at radius 2 is 1.87 bits per heavy atom. The SMILES string of the molecule is CCCN(CC1CCc2[nH]c3ccc(F)cc3c2C1)C[C@H]1COc2ccc3nc(C)ccc3c2O1.Cl.Cl.O.O. The highest BCUT2D eigenvalue weighted by Crippen LogP contribution is 2.39. The van der Waals surface area contributed by atoms with Gasteiger partial charge in [-0.2, -0.15) is 0 Å². The van der Waals surface area contributed by atoms with Gasteiger partial charge in [0, 0.05) is 40.8 Å². The van der Waals surface area contributed by atoms with Crippen molar-refractivity contribution in [3.63, 3.8) is 0 Å². The summed E-state index contributed by atoms with van der Waals surface area (Å²) in [6, 6.07) is 13.1. The number of aryl methyl sites for hydroxylation is 2. The van der Waals surface area contributed by atoms with E-state index in [9.17, 15) is 4.39 Å². The molecular formula is C29H38Cl2FN3O4. The highest BCUT2D eigenvalue weighted by atomic mass is 35.5. The number of hydrogen-bond donors (Lipinski definition) is 1. The Morgan fingerprint density at radius 1 is 1.05 bits per heavy atom. The molecule has 214 valence electrons. The summed E-state index contributed by atoms with van der Waals surface area (Å²) in [4.78, 5) is 10.7. The van der Waals surface area contributed by atoms with Crippen molar-refractivity contribution in [3.8, 4) is 11.5 Å². The number of rotatable bonds is 6. The van der Waals surface area contributed by atoms with E-state index < -0.39 is 0 Å². The molecule has 10 heteroatoms. The highest BCUT2D eigenvalue weighted by molar-refractivity contribution is 5.88. The quantitative estimate of drug-likeness (QED) is 0.344. The van der Waals surface area contributed by atoms with Gasteiger partial charge in [0.2, 0.25) is 0 Å². The number of aromatic amines is 1. The van der Waals surface area contributed by atoms with Gasteiger partial charge < -0.3 is 25.4 Å². The van der Waals surface area contributed by atoms with Crippen LogP contribution in [0, 0.1) is 18.7 Å². The minimum absolute atomic E-state index is 0. The summed E-state index contributed by atoms with van der Waals surface area (Å²) in [6.45, 7) is 7.64. The number of fused-ring (bicyclic) bond motifs is 6. The fraction of sp³-hybridized carbons (Fsp3) is 0.414. The second-order valence-corrected chi connectivity index (χ2v) is 10.1. The van der Waals surface area contributed by atoms with Gasteiger partial charge in [-0.15, -0.1) is 24.8 Å². The molecule has 0 radical (unpaired) electrons. The molecule has 0 saturated heterocycles. The van der Waals surface area contributed by atoms with Crippen LogP contribution in [0.25, 0.3) is 21.8 Å². The van der Waals surface area contributed by atoms with Crippen LogP contribution >= 0.6 is 24.8 Å². The van der Waals surface area contributed by atoms with Gasteiger partial charge in [-0.25, -0.2) is 4.39 Å². The Balaban J connectivity index is 0.00000133. The average Bonchev–Trinajstić information content (AvgIpc) is 3.21. The van der Waals surface area contributed by atoms with Crippen molar-refractivity contribution < 1.29 is 24.8 Å². The van der Waals surface area contributed by atoms with E-state index in [-0.39, 0.29) is 47.7 Å². The van der Waals surface area contributed by atoms with Gasteiger partial charge in [0.25, 0.3) is 0 Å². The topological polar surface area (TPSA) is 113 Å². The summed E-state index contributed by atoms with van der Waals surface area (Å²) in [6.07, 6.45) is 4.21. The van der Waals surface area contributed by atoms with Crippen molar-refractivity contribution >= 4 is 46.6 Å². The van der Waals surface area contributed by atoms with E-state index in [2.05, 4.69) is 27.9 Å². The largest absolute Gasteiger partial charge is 0.486 e. The maximum atomic E-state index is 13.9. The predicted octanol–water partition coefficient (Wildman–Crippen LogP) is 5.01. The van der Waals surface area contributed by atoms with E-state index in [0.29, 0.717) is 12.5 Å². The van der Waals surface area contributed by atoms with E-state index in [1.54, 1.807) is 6.07 Å². The van der Waals surface area contributed by atoms with Crippen molar-refractivity contribution in [2.75, 3.05) is 26.2 Å². The smallest absolute Gasteiger partial charge is 0.171 e. The van der Waals surface area contributed by atoms with E-state index in [1.165, 1.54) is 17.3 Å². The standard InChI is InChI=1S/C29H32FN3O2.2ClH.2H2O/c1-3-12-33(15-19-5-8-26-23(13-19)24-14-20(30)6-9-27(24)32-26)16-21-17-34-28-11-10-25-22(29(28)35-21)7-4-18(2)31-25;;;;/h4,6-7,9-11,14,19,21,32H,3,5,8,12-13,15-17H2,1-2H3;2*1H;2*1H2/t19?,21-;;;;/m0..../s1. The third-order valence-corrected chi connectivity index (χ3v) is 7.40. The van der Waals surface area contributed by atoms with Gasteiger partial charge in [0.1, 0.15) is 18.5 Å². The molecule has 2 aliphatic rings. The molecule has 4 aromatic rings. The molecule has 0 saturated carbocycles. The molecule has 6 rings (SSSR count). The summed E-state index contributed by atoms with van der Waals surface area (Å²) in [7, 11) is 0. The third-order valence-electron chi connectivity index (χ3n) is 7.40. The minimum atomic E-state index is -0.165. The number of benzene rings is 2. The molecule has 2 aromatic heterocycles. The molecule has 0 spiro atoms. The van der Waals surface area contributed by atoms with Gasteiger partial charge in [0.15, 0.2) is 11.5 Å². The van der Waals surface area contributed by atoms with E-state index in [0.717, 1.165) is 84.3 Å². The summed E-state index contributed by atoms with van der Waals surface area (Å²) in [5, 5.41) is 2.05. The van der Waals surface area contributed by atoms with E-state index in [4.69, 9.17) is 9.47 Å². The molecule has 2 atom stereocenters. The van der Waals surface area contributed by atoms with Crippen molar-refractivity contribution in [2.24, 2.45) is 5.92 Å². The van der Waals surface area contributed by atoms with Crippen LogP contribution in [0.3, 0.4) is 0 Å².